The summed E-state index contributed by atoms with van der Waals surface area (Å²) in [6.45, 7) is 2.10. The van der Waals surface area contributed by atoms with E-state index in [0.29, 0.717) is 17.6 Å². The fraction of sp³-hybridized carbons (Fsp3) is 0.562. The van der Waals surface area contributed by atoms with Crippen molar-refractivity contribution in [3.63, 3.8) is 0 Å². The molecule has 2 heterocycles. The minimum absolute atomic E-state index is 0.265. The smallest absolute Gasteiger partial charge is 0.227 e. The van der Waals surface area contributed by atoms with Crippen LogP contribution in [0.1, 0.15) is 44.1 Å². The minimum atomic E-state index is 0.265. The molecule has 0 spiro atoms. The van der Waals surface area contributed by atoms with Gasteiger partial charge < -0.3 is 10.3 Å². The van der Waals surface area contributed by atoms with Gasteiger partial charge in [-0.3, -0.25) is 4.98 Å². The molecule has 3 rings (SSSR count). The van der Waals surface area contributed by atoms with Crippen LogP contribution in [0.15, 0.2) is 23.0 Å². The Hall–Kier alpha value is -1.75. The number of hydrogen-bond acceptors (Lipinski definition) is 5. The number of nitrogens with two attached hydrogens (primary N) is 1. The molecule has 2 N–H and O–H groups in total. The quantitative estimate of drug-likeness (QED) is 0.935. The normalized spacial score (nSPS) is 22.4. The van der Waals surface area contributed by atoms with Crippen molar-refractivity contribution in [2.45, 2.75) is 51.5 Å². The van der Waals surface area contributed by atoms with E-state index in [1.807, 2.05) is 12.3 Å². The van der Waals surface area contributed by atoms with E-state index < -0.39 is 0 Å². The maximum Gasteiger partial charge on any atom is 0.227 e. The largest absolute Gasteiger partial charge is 0.339 e. The number of aryl methyl sites for hydroxylation is 1. The van der Waals surface area contributed by atoms with Crippen LogP contribution >= 0.6 is 0 Å². The Morgan fingerprint density at radius 1 is 1.33 bits per heavy atom. The highest BCUT2D eigenvalue weighted by Gasteiger charge is 2.24. The van der Waals surface area contributed by atoms with Gasteiger partial charge in [-0.05, 0) is 36.8 Å². The number of hydrogen-bond donors (Lipinski definition) is 1. The maximum atomic E-state index is 6.19. The van der Waals surface area contributed by atoms with E-state index >= 15 is 0 Å². The highest BCUT2D eigenvalue weighted by molar-refractivity contribution is 5.58. The Bertz CT molecular complexity index is 595. The molecule has 1 aliphatic carbocycles. The fourth-order valence-electron chi connectivity index (χ4n) is 3.09. The predicted molar refractivity (Wildman–Crippen MR) is 80.5 cm³/mol. The summed E-state index contributed by atoms with van der Waals surface area (Å²) >= 11 is 0. The number of nitrogens with zero attached hydrogens (tertiary/aromatic N) is 3. The molecule has 1 saturated carbocycles. The van der Waals surface area contributed by atoms with Crippen LogP contribution in [0.3, 0.4) is 0 Å². The van der Waals surface area contributed by atoms with Crippen LogP contribution in [0, 0.1) is 5.92 Å². The van der Waals surface area contributed by atoms with Gasteiger partial charge in [-0.2, -0.15) is 4.98 Å². The molecule has 1 fully saturated rings. The van der Waals surface area contributed by atoms with Crippen LogP contribution in [0.25, 0.3) is 11.4 Å². The summed E-state index contributed by atoms with van der Waals surface area (Å²) in [6.07, 6.45) is 10.1. The third-order valence-corrected chi connectivity index (χ3v) is 4.40. The molecule has 0 amide bonds. The zero-order valence-corrected chi connectivity index (χ0v) is 12.5. The molecule has 2 aromatic rings. The first-order chi connectivity index (χ1) is 10.3. The first-order valence-corrected chi connectivity index (χ1v) is 7.79. The van der Waals surface area contributed by atoms with Crippen molar-refractivity contribution in [1.82, 2.24) is 15.1 Å². The monoisotopic (exact) mass is 286 g/mol. The highest BCUT2D eigenvalue weighted by atomic mass is 16.5. The first-order valence-electron chi connectivity index (χ1n) is 7.79. The van der Waals surface area contributed by atoms with Gasteiger partial charge in [0.2, 0.25) is 11.7 Å². The minimum Gasteiger partial charge on any atom is -0.339 e. The first kappa shape index (κ1) is 14.2. The predicted octanol–water partition coefficient (Wildman–Crippen LogP) is 2.75. The van der Waals surface area contributed by atoms with E-state index in [-0.39, 0.29) is 6.04 Å². The SMILES string of the molecule is CCc1cnccc1-c1noc(CC2CCCCC2N)n1. The summed E-state index contributed by atoms with van der Waals surface area (Å²) in [4.78, 5) is 8.71. The van der Waals surface area contributed by atoms with Crippen molar-refractivity contribution in [1.29, 1.82) is 0 Å². The van der Waals surface area contributed by atoms with Crippen LogP contribution in [0.5, 0.6) is 0 Å². The Kier molecular flexibility index (Phi) is 4.29. The van der Waals surface area contributed by atoms with Crippen molar-refractivity contribution in [3.8, 4) is 11.4 Å². The fourth-order valence-corrected chi connectivity index (χ4v) is 3.09. The summed E-state index contributed by atoms with van der Waals surface area (Å²) in [5.74, 6) is 1.83. The maximum absolute atomic E-state index is 6.19. The number of aromatic nitrogens is 3. The molecule has 0 saturated heterocycles. The Morgan fingerprint density at radius 2 is 2.19 bits per heavy atom. The lowest BCUT2D eigenvalue weighted by molar-refractivity contribution is 0.273. The summed E-state index contributed by atoms with van der Waals surface area (Å²) in [5.41, 5.74) is 8.34. The lowest BCUT2D eigenvalue weighted by Crippen LogP contribution is -2.34. The number of rotatable bonds is 4. The van der Waals surface area contributed by atoms with Crippen LogP contribution in [0.2, 0.25) is 0 Å². The Labute approximate surface area is 125 Å². The van der Waals surface area contributed by atoms with Crippen molar-refractivity contribution < 1.29 is 4.52 Å². The second kappa shape index (κ2) is 6.35. The average Bonchev–Trinajstić information content (AvgIpc) is 2.98. The van der Waals surface area contributed by atoms with E-state index in [0.717, 1.165) is 36.8 Å². The molecule has 112 valence electrons. The van der Waals surface area contributed by atoms with E-state index in [4.69, 9.17) is 10.3 Å². The molecular weight excluding hydrogens is 264 g/mol. The van der Waals surface area contributed by atoms with Gasteiger partial charge in [-0.15, -0.1) is 0 Å². The Morgan fingerprint density at radius 3 is 3.00 bits per heavy atom. The van der Waals surface area contributed by atoms with Gasteiger partial charge in [-0.1, -0.05) is 24.9 Å². The molecule has 0 radical (unpaired) electrons. The van der Waals surface area contributed by atoms with Gasteiger partial charge >= 0.3 is 0 Å². The van der Waals surface area contributed by atoms with Gasteiger partial charge in [0.1, 0.15) is 0 Å². The molecular formula is C16H22N4O. The Balaban J connectivity index is 1.77. The van der Waals surface area contributed by atoms with Crippen molar-refractivity contribution >= 4 is 0 Å². The molecule has 1 aliphatic rings. The summed E-state index contributed by atoms with van der Waals surface area (Å²) < 4.78 is 5.43. The third kappa shape index (κ3) is 3.13. The molecule has 0 bridgehead atoms. The molecule has 2 unspecified atom stereocenters. The standard InChI is InChI=1S/C16H22N4O/c1-2-11-10-18-8-7-13(11)16-19-15(21-20-16)9-12-5-3-4-6-14(12)17/h7-8,10,12,14H,2-6,9,17H2,1H3. The van der Waals surface area contributed by atoms with Gasteiger partial charge in [0.25, 0.3) is 0 Å². The molecule has 5 heteroatoms. The van der Waals surface area contributed by atoms with Crippen LogP contribution < -0.4 is 5.73 Å². The average molecular weight is 286 g/mol. The van der Waals surface area contributed by atoms with Crippen molar-refractivity contribution in [2.75, 3.05) is 0 Å². The van der Waals surface area contributed by atoms with Crippen LogP contribution in [-0.2, 0) is 12.8 Å². The van der Waals surface area contributed by atoms with Crippen molar-refractivity contribution in [3.05, 3.63) is 29.9 Å². The van der Waals surface area contributed by atoms with E-state index in [1.165, 1.54) is 12.8 Å². The number of pyridine rings is 1. The molecule has 2 atom stereocenters. The summed E-state index contributed by atoms with van der Waals surface area (Å²) in [5, 5.41) is 4.13. The molecule has 0 aliphatic heterocycles. The summed E-state index contributed by atoms with van der Waals surface area (Å²) in [7, 11) is 0. The van der Waals surface area contributed by atoms with E-state index in [9.17, 15) is 0 Å². The zero-order chi connectivity index (χ0) is 14.7. The lowest BCUT2D eigenvalue weighted by atomic mass is 9.83. The molecule has 2 aromatic heterocycles. The van der Waals surface area contributed by atoms with Gasteiger partial charge in [-0.25, -0.2) is 0 Å². The zero-order valence-electron chi connectivity index (χ0n) is 12.5. The molecule has 21 heavy (non-hydrogen) atoms. The van der Waals surface area contributed by atoms with E-state index in [1.54, 1.807) is 6.20 Å². The third-order valence-electron chi connectivity index (χ3n) is 4.40. The highest BCUT2D eigenvalue weighted by Crippen LogP contribution is 2.27. The second-order valence-corrected chi connectivity index (χ2v) is 5.81. The van der Waals surface area contributed by atoms with Gasteiger partial charge in [0, 0.05) is 30.4 Å². The van der Waals surface area contributed by atoms with Crippen LogP contribution in [0.4, 0.5) is 0 Å². The van der Waals surface area contributed by atoms with Gasteiger partial charge in [0.05, 0.1) is 0 Å². The van der Waals surface area contributed by atoms with Crippen molar-refractivity contribution in [2.24, 2.45) is 11.7 Å². The van der Waals surface area contributed by atoms with Gasteiger partial charge in [0.15, 0.2) is 0 Å². The molecule has 5 nitrogen and oxygen atoms in total. The van der Waals surface area contributed by atoms with Crippen LogP contribution in [-0.4, -0.2) is 21.2 Å². The van der Waals surface area contributed by atoms with E-state index in [2.05, 4.69) is 22.0 Å². The summed E-state index contributed by atoms with van der Waals surface area (Å²) in [6, 6.07) is 2.21. The lowest BCUT2D eigenvalue weighted by Gasteiger charge is -2.27. The topological polar surface area (TPSA) is 77.8 Å². The molecule has 0 aromatic carbocycles. The second-order valence-electron chi connectivity index (χ2n) is 5.81.